The van der Waals surface area contributed by atoms with E-state index < -0.39 is 0 Å². The van der Waals surface area contributed by atoms with Crippen molar-refractivity contribution >= 4 is 0 Å². The lowest BCUT2D eigenvalue weighted by Crippen LogP contribution is -2.50. The smallest absolute Gasteiger partial charge is 0.119 e. The Morgan fingerprint density at radius 3 is 2.89 bits per heavy atom. The molecule has 2 rings (SSSR count). The van der Waals surface area contributed by atoms with Gasteiger partial charge in [0, 0.05) is 18.6 Å². The van der Waals surface area contributed by atoms with E-state index in [0.717, 1.165) is 25.5 Å². The summed E-state index contributed by atoms with van der Waals surface area (Å²) in [6.07, 6.45) is 0. The molecule has 3 atom stereocenters. The summed E-state index contributed by atoms with van der Waals surface area (Å²) in [7, 11) is 1.69. The molecule has 4 nitrogen and oxygen atoms in total. The highest BCUT2D eigenvalue weighted by molar-refractivity contribution is 5.31. The molecule has 3 unspecified atom stereocenters. The average molecular weight is 264 g/mol. The van der Waals surface area contributed by atoms with Gasteiger partial charge in [-0.05, 0) is 31.5 Å². The van der Waals surface area contributed by atoms with E-state index in [9.17, 15) is 0 Å². The van der Waals surface area contributed by atoms with Gasteiger partial charge >= 0.3 is 0 Å². The zero-order valence-corrected chi connectivity index (χ0v) is 12.0. The Morgan fingerprint density at radius 1 is 1.47 bits per heavy atom. The fourth-order valence-electron chi connectivity index (χ4n) is 2.78. The van der Waals surface area contributed by atoms with Gasteiger partial charge < -0.3 is 15.2 Å². The molecule has 1 aliphatic heterocycles. The number of hydrogen-bond donors (Lipinski definition) is 1. The van der Waals surface area contributed by atoms with E-state index in [1.807, 2.05) is 12.1 Å². The second kappa shape index (κ2) is 6.37. The topological polar surface area (TPSA) is 47.7 Å². The SMILES string of the molecule is COc1cccc(C(C(C)N)N2CCOCC2C)c1. The van der Waals surface area contributed by atoms with Gasteiger partial charge in [-0.25, -0.2) is 0 Å². The number of morpholine rings is 1. The van der Waals surface area contributed by atoms with Crippen LogP contribution in [0.1, 0.15) is 25.5 Å². The van der Waals surface area contributed by atoms with Crippen LogP contribution in [0.15, 0.2) is 24.3 Å². The summed E-state index contributed by atoms with van der Waals surface area (Å²) in [5, 5.41) is 0. The first-order chi connectivity index (χ1) is 9.13. The molecule has 4 heteroatoms. The molecule has 19 heavy (non-hydrogen) atoms. The summed E-state index contributed by atoms with van der Waals surface area (Å²) in [5.41, 5.74) is 7.44. The van der Waals surface area contributed by atoms with Crippen LogP contribution in [0.2, 0.25) is 0 Å². The second-order valence-electron chi connectivity index (χ2n) is 5.24. The summed E-state index contributed by atoms with van der Waals surface area (Å²) >= 11 is 0. The number of rotatable bonds is 4. The molecule has 106 valence electrons. The molecule has 1 fully saturated rings. The molecule has 0 aromatic heterocycles. The van der Waals surface area contributed by atoms with E-state index in [2.05, 4.69) is 30.9 Å². The highest BCUT2D eigenvalue weighted by atomic mass is 16.5. The normalized spacial score (nSPS) is 23.9. The molecule has 1 heterocycles. The van der Waals surface area contributed by atoms with Crippen LogP contribution in [0.4, 0.5) is 0 Å². The Morgan fingerprint density at radius 2 is 2.26 bits per heavy atom. The van der Waals surface area contributed by atoms with Gasteiger partial charge in [-0.15, -0.1) is 0 Å². The molecule has 0 aliphatic carbocycles. The molecule has 0 saturated carbocycles. The zero-order valence-electron chi connectivity index (χ0n) is 12.0. The van der Waals surface area contributed by atoms with Crippen LogP contribution in [-0.2, 0) is 4.74 Å². The maximum Gasteiger partial charge on any atom is 0.119 e. The molecular weight excluding hydrogens is 240 g/mol. The largest absolute Gasteiger partial charge is 0.497 e. The molecule has 1 aliphatic rings. The summed E-state index contributed by atoms with van der Waals surface area (Å²) < 4.78 is 10.8. The van der Waals surface area contributed by atoms with Crippen molar-refractivity contribution in [3.63, 3.8) is 0 Å². The first-order valence-corrected chi connectivity index (χ1v) is 6.86. The van der Waals surface area contributed by atoms with Gasteiger partial charge in [-0.1, -0.05) is 12.1 Å². The first kappa shape index (κ1) is 14.3. The Bertz CT molecular complexity index is 409. The highest BCUT2D eigenvalue weighted by Gasteiger charge is 2.30. The molecule has 2 N–H and O–H groups in total. The van der Waals surface area contributed by atoms with E-state index in [-0.39, 0.29) is 12.1 Å². The van der Waals surface area contributed by atoms with Crippen LogP contribution in [0, 0.1) is 0 Å². The summed E-state index contributed by atoms with van der Waals surface area (Å²) in [5.74, 6) is 0.879. The summed E-state index contributed by atoms with van der Waals surface area (Å²) in [6.45, 7) is 6.72. The van der Waals surface area contributed by atoms with Crippen LogP contribution in [0.25, 0.3) is 0 Å². The molecule has 1 saturated heterocycles. The molecule has 0 amide bonds. The van der Waals surface area contributed by atoms with Gasteiger partial charge in [0.15, 0.2) is 0 Å². The Kier molecular flexibility index (Phi) is 4.80. The standard InChI is InChI=1S/C15H24N2O2/c1-11-10-19-8-7-17(11)15(12(2)16)13-5-4-6-14(9-13)18-3/h4-6,9,11-12,15H,7-8,10,16H2,1-3H3. The van der Waals surface area contributed by atoms with E-state index in [4.69, 9.17) is 15.2 Å². The molecule has 1 aromatic carbocycles. The second-order valence-corrected chi connectivity index (χ2v) is 5.24. The quantitative estimate of drug-likeness (QED) is 0.901. The lowest BCUT2D eigenvalue weighted by atomic mass is 9.97. The Labute approximate surface area is 115 Å². The molecule has 0 spiro atoms. The number of methoxy groups -OCH3 is 1. The van der Waals surface area contributed by atoms with E-state index in [0.29, 0.717) is 6.04 Å². The third kappa shape index (κ3) is 3.26. The van der Waals surface area contributed by atoms with Crippen LogP contribution < -0.4 is 10.5 Å². The Hall–Kier alpha value is -1.10. The van der Waals surface area contributed by atoms with Gasteiger partial charge in [0.2, 0.25) is 0 Å². The fourth-order valence-corrected chi connectivity index (χ4v) is 2.78. The zero-order chi connectivity index (χ0) is 13.8. The summed E-state index contributed by atoms with van der Waals surface area (Å²) in [6, 6.07) is 8.84. The van der Waals surface area contributed by atoms with Crippen molar-refractivity contribution in [3.05, 3.63) is 29.8 Å². The average Bonchev–Trinajstić information content (AvgIpc) is 2.41. The predicted octanol–water partition coefficient (Wildman–Crippen LogP) is 1.80. The lowest BCUT2D eigenvalue weighted by molar-refractivity contribution is -0.0268. The van der Waals surface area contributed by atoms with Gasteiger partial charge in [0.1, 0.15) is 5.75 Å². The molecular formula is C15H24N2O2. The van der Waals surface area contributed by atoms with Crippen molar-refractivity contribution in [3.8, 4) is 5.75 Å². The maximum atomic E-state index is 6.23. The van der Waals surface area contributed by atoms with Crippen molar-refractivity contribution in [1.29, 1.82) is 0 Å². The highest BCUT2D eigenvalue weighted by Crippen LogP contribution is 2.29. The number of hydrogen-bond acceptors (Lipinski definition) is 4. The van der Waals surface area contributed by atoms with Crippen LogP contribution >= 0.6 is 0 Å². The molecule has 1 aromatic rings. The third-order valence-corrected chi connectivity index (χ3v) is 3.71. The van der Waals surface area contributed by atoms with Crippen LogP contribution in [-0.4, -0.2) is 43.9 Å². The van der Waals surface area contributed by atoms with Crippen LogP contribution in [0.3, 0.4) is 0 Å². The van der Waals surface area contributed by atoms with Gasteiger partial charge in [0.25, 0.3) is 0 Å². The van der Waals surface area contributed by atoms with Crippen molar-refractivity contribution < 1.29 is 9.47 Å². The minimum Gasteiger partial charge on any atom is -0.497 e. The molecule has 0 bridgehead atoms. The Balaban J connectivity index is 2.28. The maximum absolute atomic E-state index is 6.23. The number of ether oxygens (including phenoxy) is 2. The number of benzene rings is 1. The number of nitrogens with two attached hydrogens (primary N) is 1. The van der Waals surface area contributed by atoms with Crippen molar-refractivity contribution in [2.45, 2.75) is 32.0 Å². The molecule has 0 radical (unpaired) electrons. The monoisotopic (exact) mass is 264 g/mol. The predicted molar refractivity (Wildman–Crippen MR) is 76.4 cm³/mol. The van der Waals surface area contributed by atoms with E-state index in [1.54, 1.807) is 7.11 Å². The van der Waals surface area contributed by atoms with Crippen molar-refractivity contribution in [2.24, 2.45) is 5.73 Å². The van der Waals surface area contributed by atoms with E-state index in [1.165, 1.54) is 5.56 Å². The van der Waals surface area contributed by atoms with E-state index >= 15 is 0 Å². The summed E-state index contributed by atoms with van der Waals surface area (Å²) in [4.78, 5) is 2.43. The third-order valence-electron chi connectivity index (χ3n) is 3.71. The number of nitrogens with zero attached hydrogens (tertiary/aromatic N) is 1. The minimum absolute atomic E-state index is 0.0626. The van der Waals surface area contributed by atoms with Gasteiger partial charge in [-0.3, -0.25) is 4.90 Å². The van der Waals surface area contributed by atoms with Crippen LogP contribution in [0.5, 0.6) is 5.75 Å². The van der Waals surface area contributed by atoms with Crippen molar-refractivity contribution in [1.82, 2.24) is 4.90 Å². The fraction of sp³-hybridized carbons (Fsp3) is 0.600. The van der Waals surface area contributed by atoms with Gasteiger partial charge in [-0.2, -0.15) is 0 Å². The minimum atomic E-state index is 0.0626. The lowest BCUT2D eigenvalue weighted by Gasteiger charge is -2.41. The van der Waals surface area contributed by atoms with Gasteiger partial charge in [0.05, 0.1) is 26.4 Å². The van der Waals surface area contributed by atoms with Crippen molar-refractivity contribution in [2.75, 3.05) is 26.9 Å². The first-order valence-electron chi connectivity index (χ1n) is 6.86.